The summed E-state index contributed by atoms with van der Waals surface area (Å²) in [7, 11) is 0. The number of nitrogens with one attached hydrogen (secondary N) is 1. The Morgan fingerprint density at radius 3 is 2.07 bits per heavy atom. The molecule has 1 aliphatic carbocycles. The summed E-state index contributed by atoms with van der Waals surface area (Å²) in [5, 5.41) is 3.03. The van der Waals surface area contributed by atoms with Crippen LogP contribution in [0.5, 0.6) is 0 Å². The highest BCUT2D eigenvalue weighted by Gasteiger charge is 2.68. The Morgan fingerprint density at radius 1 is 1.33 bits per heavy atom. The lowest BCUT2D eigenvalue weighted by atomic mass is 10.0. The normalized spacial score (nSPS) is 24.7. The van der Waals surface area contributed by atoms with Crippen molar-refractivity contribution in [2.75, 3.05) is 6.54 Å². The molecule has 0 saturated heterocycles. The fraction of sp³-hybridized carbons (Fsp3) is 0.917. The summed E-state index contributed by atoms with van der Waals surface area (Å²) < 4.78 is 0. The number of rotatable bonds is 4. The number of nitrogens with two attached hydrogens (primary N) is 1. The molecule has 1 rings (SSSR count). The van der Waals surface area contributed by atoms with E-state index in [1.807, 2.05) is 6.92 Å². The van der Waals surface area contributed by atoms with Gasteiger partial charge in [-0.15, -0.1) is 0 Å². The third-order valence-electron chi connectivity index (χ3n) is 4.41. The van der Waals surface area contributed by atoms with Crippen molar-refractivity contribution in [3.05, 3.63) is 0 Å². The van der Waals surface area contributed by atoms with Gasteiger partial charge in [-0.2, -0.15) is 0 Å². The van der Waals surface area contributed by atoms with Gasteiger partial charge in [0.2, 0.25) is 5.91 Å². The molecule has 88 valence electrons. The van der Waals surface area contributed by atoms with Crippen molar-refractivity contribution in [1.29, 1.82) is 0 Å². The average molecular weight is 212 g/mol. The highest BCUT2D eigenvalue weighted by Crippen LogP contribution is 2.68. The number of hydrogen-bond donors (Lipinski definition) is 2. The van der Waals surface area contributed by atoms with Gasteiger partial charge in [-0.05, 0) is 17.3 Å². The highest BCUT2D eigenvalue weighted by atomic mass is 16.2. The van der Waals surface area contributed by atoms with Crippen LogP contribution < -0.4 is 11.1 Å². The smallest absolute Gasteiger partial charge is 0.224 e. The summed E-state index contributed by atoms with van der Waals surface area (Å²) in [4.78, 5) is 12.0. The highest BCUT2D eigenvalue weighted by molar-refractivity contribution is 5.84. The van der Waals surface area contributed by atoms with Crippen LogP contribution in [0.1, 0.15) is 41.0 Å². The first-order chi connectivity index (χ1) is 6.79. The predicted octanol–water partition coefficient (Wildman–Crippen LogP) is 1.52. The van der Waals surface area contributed by atoms with Gasteiger partial charge in [0, 0.05) is 18.5 Å². The third kappa shape index (κ3) is 1.89. The Bertz CT molecular complexity index is 240. The number of amides is 1. The van der Waals surface area contributed by atoms with Gasteiger partial charge in [0.25, 0.3) is 0 Å². The lowest BCUT2D eigenvalue weighted by Crippen LogP contribution is -2.41. The van der Waals surface area contributed by atoms with Crippen LogP contribution in [0.3, 0.4) is 0 Å². The second kappa shape index (κ2) is 3.78. The van der Waals surface area contributed by atoms with Crippen molar-refractivity contribution in [3.63, 3.8) is 0 Å². The van der Waals surface area contributed by atoms with E-state index in [4.69, 9.17) is 5.73 Å². The molecule has 3 nitrogen and oxygen atoms in total. The average Bonchev–Trinajstić information content (AvgIpc) is 2.53. The predicted molar refractivity (Wildman–Crippen MR) is 62.3 cm³/mol. The van der Waals surface area contributed by atoms with Crippen LogP contribution in [0.25, 0.3) is 0 Å². The number of carbonyl (C=O) groups is 1. The number of carbonyl (C=O) groups excluding carboxylic acids is 1. The van der Waals surface area contributed by atoms with Crippen LogP contribution in [0, 0.1) is 16.7 Å². The van der Waals surface area contributed by atoms with Gasteiger partial charge in [0.05, 0.1) is 0 Å². The van der Waals surface area contributed by atoms with Gasteiger partial charge in [0.1, 0.15) is 0 Å². The molecule has 0 aromatic heterocycles. The van der Waals surface area contributed by atoms with E-state index in [0.29, 0.717) is 6.54 Å². The van der Waals surface area contributed by atoms with Crippen LogP contribution in [0.15, 0.2) is 0 Å². The third-order valence-corrected chi connectivity index (χ3v) is 4.41. The van der Waals surface area contributed by atoms with Crippen molar-refractivity contribution in [3.8, 4) is 0 Å². The molecule has 1 fully saturated rings. The zero-order valence-electron chi connectivity index (χ0n) is 10.6. The monoisotopic (exact) mass is 212 g/mol. The molecule has 1 aliphatic rings. The zero-order valence-corrected chi connectivity index (χ0v) is 10.6. The van der Waals surface area contributed by atoms with Gasteiger partial charge in [-0.1, -0.05) is 34.6 Å². The quantitative estimate of drug-likeness (QED) is 0.742. The van der Waals surface area contributed by atoms with E-state index in [-0.39, 0.29) is 28.7 Å². The van der Waals surface area contributed by atoms with Crippen LogP contribution in [-0.4, -0.2) is 18.5 Å². The second-order valence-corrected chi connectivity index (χ2v) is 5.73. The van der Waals surface area contributed by atoms with Crippen molar-refractivity contribution in [2.24, 2.45) is 22.5 Å². The lowest BCUT2D eigenvalue weighted by molar-refractivity contribution is -0.124. The SMILES string of the molecule is CCC(CN)NC(=O)C1C(C)(C)C1(C)C. The minimum atomic E-state index is 0.115. The van der Waals surface area contributed by atoms with Crippen molar-refractivity contribution >= 4 is 5.91 Å². The van der Waals surface area contributed by atoms with Gasteiger partial charge < -0.3 is 11.1 Å². The summed E-state index contributed by atoms with van der Waals surface area (Å²) in [5.74, 6) is 0.299. The van der Waals surface area contributed by atoms with E-state index in [1.165, 1.54) is 0 Å². The Labute approximate surface area is 92.8 Å². The fourth-order valence-corrected chi connectivity index (χ4v) is 2.46. The van der Waals surface area contributed by atoms with E-state index >= 15 is 0 Å². The van der Waals surface area contributed by atoms with Crippen LogP contribution in [0.2, 0.25) is 0 Å². The first-order valence-corrected chi connectivity index (χ1v) is 5.79. The maximum Gasteiger partial charge on any atom is 0.224 e. The van der Waals surface area contributed by atoms with Crippen molar-refractivity contribution < 1.29 is 4.79 Å². The molecule has 0 heterocycles. The van der Waals surface area contributed by atoms with E-state index in [0.717, 1.165) is 6.42 Å². The zero-order chi connectivity index (χ0) is 11.9. The van der Waals surface area contributed by atoms with Gasteiger partial charge >= 0.3 is 0 Å². The summed E-state index contributed by atoms with van der Waals surface area (Å²) in [6.07, 6.45) is 0.899. The lowest BCUT2D eigenvalue weighted by Gasteiger charge is -2.15. The van der Waals surface area contributed by atoms with Crippen LogP contribution >= 0.6 is 0 Å². The molecule has 0 aromatic carbocycles. The first-order valence-electron chi connectivity index (χ1n) is 5.79. The van der Waals surface area contributed by atoms with Gasteiger partial charge in [0.15, 0.2) is 0 Å². The van der Waals surface area contributed by atoms with Gasteiger partial charge in [-0.3, -0.25) is 4.79 Å². The van der Waals surface area contributed by atoms with E-state index in [2.05, 4.69) is 33.0 Å². The molecule has 1 saturated carbocycles. The molecule has 0 bridgehead atoms. The van der Waals surface area contributed by atoms with Crippen molar-refractivity contribution in [1.82, 2.24) is 5.32 Å². The van der Waals surface area contributed by atoms with E-state index in [9.17, 15) is 4.79 Å². The molecule has 0 aliphatic heterocycles. The summed E-state index contributed by atoms with van der Waals surface area (Å²) in [6, 6.07) is 0.129. The standard InChI is InChI=1S/C12H24N2O/c1-6-8(7-13)14-10(15)9-11(2,3)12(9,4)5/h8-9H,6-7,13H2,1-5H3,(H,14,15). The summed E-state index contributed by atoms with van der Waals surface area (Å²) in [5.41, 5.74) is 5.80. The molecule has 1 amide bonds. The Morgan fingerprint density at radius 2 is 1.80 bits per heavy atom. The molecule has 0 radical (unpaired) electrons. The summed E-state index contributed by atoms with van der Waals surface area (Å²) >= 11 is 0. The topological polar surface area (TPSA) is 55.1 Å². The van der Waals surface area contributed by atoms with E-state index < -0.39 is 0 Å². The Balaban J connectivity index is 2.58. The van der Waals surface area contributed by atoms with Crippen LogP contribution in [0.4, 0.5) is 0 Å². The number of hydrogen-bond acceptors (Lipinski definition) is 2. The van der Waals surface area contributed by atoms with Crippen LogP contribution in [-0.2, 0) is 4.79 Å². The molecule has 15 heavy (non-hydrogen) atoms. The van der Waals surface area contributed by atoms with Crippen molar-refractivity contribution in [2.45, 2.75) is 47.1 Å². The largest absolute Gasteiger partial charge is 0.352 e. The molecular weight excluding hydrogens is 188 g/mol. The minimum Gasteiger partial charge on any atom is -0.352 e. The van der Waals surface area contributed by atoms with Gasteiger partial charge in [-0.25, -0.2) is 0 Å². The molecular formula is C12H24N2O. The maximum absolute atomic E-state index is 12.0. The summed E-state index contributed by atoms with van der Waals surface area (Å²) in [6.45, 7) is 11.2. The molecule has 1 unspecified atom stereocenters. The Hall–Kier alpha value is -0.570. The molecule has 0 spiro atoms. The molecule has 1 atom stereocenters. The van der Waals surface area contributed by atoms with E-state index in [1.54, 1.807) is 0 Å². The molecule has 3 heteroatoms. The first kappa shape index (κ1) is 12.5. The fourth-order valence-electron chi connectivity index (χ4n) is 2.46. The maximum atomic E-state index is 12.0. The second-order valence-electron chi connectivity index (χ2n) is 5.73. The molecule has 3 N–H and O–H groups in total. The molecule has 0 aromatic rings. The minimum absolute atomic E-state index is 0.115. The Kier molecular flexibility index (Phi) is 3.15.